The molecule has 0 spiro atoms. The lowest BCUT2D eigenvalue weighted by Gasteiger charge is -2.23. The zero-order valence-corrected chi connectivity index (χ0v) is 11.2. The number of hydrogen-bond donors (Lipinski definition) is 1. The van der Waals surface area contributed by atoms with Crippen LogP contribution in [0.4, 0.5) is 0 Å². The van der Waals surface area contributed by atoms with Crippen molar-refractivity contribution in [3.63, 3.8) is 0 Å². The normalized spacial score (nSPS) is 23.9. The molecule has 18 heavy (non-hydrogen) atoms. The molecule has 0 amide bonds. The molecule has 1 aliphatic carbocycles. The molecule has 0 radical (unpaired) electrons. The first-order valence-electron chi connectivity index (χ1n) is 6.98. The predicted octanol–water partition coefficient (Wildman–Crippen LogP) is 2.91. The van der Waals surface area contributed by atoms with Crippen LogP contribution in [-0.2, 0) is 6.42 Å². The van der Waals surface area contributed by atoms with Gasteiger partial charge in [0.2, 0.25) is 0 Å². The van der Waals surface area contributed by atoms with Crippen molar-refractivity contribution in [2.45, 2.75) is 44.7 Å². The van der Waals surface area contributed by atoms with Crippen LogP contribution in [0.2, 0.25) is 0 Å². The maximum absolute atomic E-state index is 4.78. The predicted molar refractivity (Wildman–Crippen MR) is 74.8 cm³/mol. The minimum atomic E-state index is 0.567. The van der Waals surface area contributed by atoms with E-state index in [0.717, 1.165) is 11.9 Å². The Labute approximate surface area is 108 Å². The standard InChI is InChI=1S/C15H21N3/c1-3-15-17-12-7-4-5-9-14(12)18(15)13-10-6-8-11(13)16-2/h4-5,7,9,11,13,16H,3,6,8,10H2,1-2H3. The molecule has 1 heterocycles. The Hall–Kier alpha value is -1.35. The fourth-order valence-corrected chi connectivity index (χ4v) is 3.30. The Morgan fingerprint density at radius 3 is 2.94 bits per heavy atom. The molecule has 1 aromatic heterocycles. The van der Waals surface area contributed by atoms with E-state index in [0.29, 0.717) is 12.1 Å². The summed E-state index contributed by atoms with van der Waals surface area (Å²) in [5.74, 6) is 1.23. The van der Waals surface area contributed by atoms with Crippen molar-refractivity contribution < 1.29 is 0 Å². The van der Waals surface area contributed by atoms with Gasteiger partial charge in [-0.05, 0) is 38.4 Å². The minimum Gasteiger partial charge on any atom is -0.323 e. The highest BCUT2D eigenvalue weighted by atomic mass is 15.1. The van der Waals surface area contributed by atoms with Gasteiger partial charge in [0.05, 0.1) is 17.1 Å². The van der Waals surface area contributed by atoms with E-state index in [9.17, 15) is 0 Å². The van der Waals surface area contributed by atoms with Gasteiger partial charge in [0, 0.05) is 12.5 Å². The van der Waals surface area contributed by atoms with Gasteiger partial charge in [-0.15, -0.1) is 0 Å². The summed E-state index contributed by atoms with van der Waals surface area (Å²) in [6, 6.07) is 9.67. The summed E-state index contributed by atoms with van der Waals surface area (Å²) in [6.07, 6.45) is 4.85. The first kappa shape index (κ1) is 11.7. The largest absolute Gasteiger partial charge is 0.323 e. The summed E-state index contributed by atoms with van der Waals surface area (Å²) in [7, 11) is 2.08. The van der Waals surface area contributed by atoms with Gasteiger partial charge in [0.25, 0.3) is 0 Å². The summed E-state index contributed by atoms with van der Waals surface area (Å²) in [5.41, 5.74) is 2.43. The number of hydrogen-bond acceptors (Lipinski definition) is 2. The molecule has 2 atom stereocenters. The number of nitrogens with one attached hydrogen (secondary N) is 1. The van der Waals surface area contributed by atoms with Crippen molar-refractivity contribution in [2.24, 2.45) is 0 Å². The van der Waals surface area contributed by atoms with E-state index in [2.05, 4.69) is 48.1 Å². The molecular weight excluding hydrogens is 222 g/mol. The molecule has 3 nitrogen and oxygen atoms in total. The monoisotopic (exact) mass is 243 g/mol. The average Bonchev–Trinajstić information content (AvgIpc) is 3.01. The Balaban J connectivity index is 2.14. The fourth-order valence-electron chi connectivity index (χ4n) is 3.30. The van der Waals surface area contributed by atoms with Crippen LogP contribution in [0.15, 0.2) is 24.3 Å². The van der Waals surface area contributed by atoms with Gasteiger partial charge in [0.1, 0.15) is 5.82 Å². The lowest BCUT2D eigenvalue weighted by molar-refractivity contribution is 0.413. The van der Waals surface area contributed by atoms with Crippen LogP contribution in [0.3, 0.4) is 0 Å². The second-order valence-corrected chi connectivity index (χ2v) is 5.13. The fraction of sp³-hybridized carbons (Fsp3) is 0.533. The van der Waals surface area contributed by atoms with E-state index in [1.54, 1.807) is 0 Å². The van der Waals surface area contributed by atoms with Crippen LogP contribution >= 0.6 is 0 Å². The summed E-state index contributed by atoms with van der Waals surface area (Å²) < 4.78 is 2.48. The Kier molecular flexibility index (Phi) is 3.08. The van der Waals surface area contributed by atoms with E-state index in [-0.39, 0.29) is 0 Å². The van der Waals surface area contributed by atoms with E-state index >= 15 is 0 Å². The number of aryl methyl sites for hydroxylation is 1. The molecule has 0 bridgehead atoms. The number of fused-ring (bicyclic) bond motifs is 1. The number of likely N-dealkylation sites (N-methyl/N-ethyl adjacent to an activating group) is 1. The highest BCUT2D eigenvalue weighted by Gasteiger charge is 2.29. The summed E-state index contributed by atoms with van der Waals surface area (Å²) in [6.45, 7) is 2.20. The summed E-state index contributed by atoms with van der Waals surface area (Å²) >= 11 is 0. The van der Waals surface area contributed by atoms with Crippen LogP contribution < -0.4 is 5.32 Å². The van der Waals surface area contributed by atoms with Crippen LogP contribution in [0.25, 0.3) is 11.0 Å². The molecule has 2 aromatic rings. The van der Waals surface area contributed by atoms with Gasteiger partial charge >= 0.3 is 0 Å². The number of para-hydroxylation sites is 2. The SMILES string of the molecule is CCc1nc2ccccc2n1C1CCCC1NC. The lowest BCUT2D eigenvalue weighted by atomic mass is 10.1. The van der Waals surface area contributed by atoms with Crippen LogP contribution in [0, 0.1) is 0 Å². The third kappa shape index (κ3) is 1.74. The van der Waals surface area contributed by atoms with Crippen molar-refractivity contribution in [3.8, 4) is 0 Å². The smallest absolute Gasteiger partial charge is 0.109 e. The third-order valence-corrected chi connectivity index (χ3v) is 4.17. The molecule has 1 saturated carbocycles. The lowest BCUT2D eigenvalue weighted by Crippen LogP contribution is -2.31. The van der Waals surface area contributed by atoms with Gasteiger partial charge in [-0.3, -0.25) is 0 Å². The maximum atomic E-state index is 4.78. The molecule has 2 unspecified atom stereocenters. The van der Waals surface area contributed by atoms with E-state index in [4.69, 9.17) is 4.98 Å². The van der Waals surface area contributed by atoms with E-state index < -0.39 is 0 Å². The average molecular weight is 243 g/mol. The number of imidazole rings is 1. The topological polar surface area (TPSA) is 29.9 Å². The molecule has 0 aliphatic heterocycles. The number of nitrogens with zero attached hydrogens (tertiary/aromatic N) is 2. The molecule has 1 aliphatic rings. The number of aromatic nitrogens is 2. The van der Waals surface area contributed by atoms with Gasteiger partial charge in [-0.2, -0.15) is 0 Å². The van der Waals surface area contributed by atoms with E-state index in [1.165, 1.54) is 30.6 Å². The first-order chi connectivity index (χ1) is 8.85. The van der Waals surface area contributed by atoms with Crippen molar-refractivity contribution >= 4 is 11.0 Å². The number of benzene rings is 1. The van der Waals surface area contributed by atoms with Crippen molar-refractivity contribution in [3.05, 3.63) is 30.1 Å². The summed E-state index contributed by atoms with van der Waals surface area (Å²) in [4.78, 5) is 4.78. The minimum absolute atomic E-state index is 0.567. The second kappa shape index (κ2) is 4.73. The molecule has 3 rings (SSSR count). The van der Waals surface area contributed by atoms with Crippen LogP contribution in [0.5, 0.6) is 0 Å². The van der Waals surface area contributed by atoms with Gasteiger partial charge in [0.15, 0.2) is 0 Å². The van der Waals surface area contributed by atoms with Gasteiger partial charge in [-0.25, -0.2) is 4.98 Å². The molecule has 3 heteroatoms. The van der Waals surface area contributed by atoms with Gasteiger partial charge < -0.3 is 9.88 Å². The summed E-state index contributed by atoms with van der Waals surface area (Å²) in [5, 5.41) is 3.47. The van der Waals surface area contributed by atoms with Crippen molar-refractivity contribution in [1.29, 1.82) is 0 Å². The highest BCUT2D eigenvalue weighted by molar-refractivity contribution is 5.76. The molecule has 0 saturated heterocycles. The third-order valence-electron chi connectivity index (χ3n) is 4.17. The zero-order valence-electron chi connectivity index (χ0n) is 11.2. The molecule has 1 fully saturated rings. The van der Waals surface area contributed by atoms with E-state index in [1.807, 2.05) is 0 Å². The van der Waals surface area contributed by atoms with Crippen LogP contribution in [-0.4, -0.2) is 22.6 Å². The molecule has 96 valence electrons. The van der Waals surface area contributed by atoms with Crippen molar-refractivity contribution in [2.75, 3.05) is 7.05 Å². The molecule has 1 N–H and O–H groups in total. The maximum Gasteiger partial charge on any atom is 0.109 e. The molecule has 1 aromatic carbocycles. The van der Waals surface area contributed by atoms with Gasteiger partial charge in [-0.1, -0.05) is 19.1 Å². The quantitative estimate of drug-likeness (QED) is 0.898. The second-order valence-electron chi connectivity index (χ2n) is 5.13. The Morgan fingerprint density at radius 1 is 1.33 bits per heavy atom. The first-order valence-corrected chi connectivity index (χ1v) is 6.98. The Bertz CT molecular complexity index is 544. The zero-order chi connectivity index (χ0) is 12.5. The Morgan fingerprint density at radius 2 is 2.17 bits per heavy atom. The number of rotatable bonds is 3. The molecular formula is C15H21N3. The highest BCUT2D eigenvalue weighted by Crippen LogP contribution is 2.34. The van der Waals surface area contributed by atoms with Crippen molar-refractivity contribution in [1.82, 2.24) is 14.9 Å². The van der Waals surface area contributed by atoms with Crippen LogP contribution in [0.1, 0.15) is 38.1 Å².